The highest BCUT2D eigenvalue weighted by molar-refractivity contribution is 7.91. The normalized spacial score (nSPS) is 11.6. The van der Waals surface area contributed by atoms with Gasteiger partial charge in [-0.05, 0) is 23.3 Å². The van der Waals surface area contributed by atoms with Gasteiger partial charge in [-0.3, -0.25) is 4.18 Å². The first kappa shape index (κ1) is 46.2. The third-order valence-corrected chi connectivity index (χ3v) is 9.46. The van der Waals surface area contributed by atoms with Gasteiger partial charge in [0.2, 0.25) is 0 Å². The Labute approximate surface area is 331 Å². The van der Waals surface area contributed by atoms with Crippen molar-refractivity contribution in [2.45, 2.75) is 0 Å². The van der Waals surface area contributed by atoms with Crippen LogP contribution in [0.25, 0.3) is 11.1 Å². The summed E-state index contributed by atoms with van der Waals surface area (Å²) in [5.74, 6) is -70.5. The van der Waals surface area contributed by atoms with Crippen molar-refractivity contribution in [3.05, 3.63) is 171 Å². The largest absolute Gasteiger partial charge is 0.287 e. The van der Waals surface area contributed by atoms with Gasteiger partial charge < -0.3 is 0 Å². The Bertz CT molecular complexity index is 2310. The number of hydrogen-bond donors (Lipinski definition) is 0. The molecule has 0 fully saturated rings. The lowest BCUT2D eigenvalue weighted by molar-refractivity contribution is 0.378. The molecule has 6 aromatic carbocycles. The van der Waals surface area contributed by atoms with Crippen molar-refractivity contribution in [2.75, 3.05) is 12.5 Å². The molecule has 0 atom stereocenters. The number of hydrogen-bond acceptors (Lipinski definition) is 1. The quantitative estimate of drug-likeness (QED) is 0.0511. The molecule has 0 radical (unpaired) electrons. The predicted molar refractivity (Wildman–Crippen MR) is 181 cm³/mol. The summed E-state index contributed by atoms with van der Waals surface area (Å²) in [7, 11) is 0. The average Bonchev–Trinajstić information content (AvgIpc) is 3.24. The summed E-state index contributed by atoms with van der Waals surface area (Å²) in [6.45, 7) is 0. The van der Waals surface area contributed by atoms with Gasteiger partial charge in [-0.1, -0.05) is 42.5 Å². The van der Waals surface area contributed by atoms with Crippen LogP contribution in [0.5, 0.6) is 5.75 Å². The highest BCUT2D eigenvalue weighted by Gasteiger charge is 2.52. The van der Waals surface area contributed by atoms with Gasteiger partial charge in [0.1, 0.15) is 65.2 Å². The molecule has 0 amide bonds. The van der Waals surface area contributed by atoms with Crippen molar-refractivity contribution in [1.29, 1.82) is 0 Å². The third-order valence-electron chi connectivity index (χ3n) is 8.93. The highest BCUT2D eigenvalue weighted by Crippen LogP contribution is 2.31. The van der Waals surface area contributed by atoms with Crippen LogP contribution in [0.3, 0.4) is 0 Å². The lowest BCUT2D eigenvalue weighted by Gasteiger charge is -2.44. The fourth-order valence-corrected chi connectivity index (χ4v) is 6.90. The van der Waals surface area contributed by atoms with E-state index >= 15 is 35.1 Å². The highest BCUT2D eigenvalue weighted by atomic mass is 32.2. The molecule has 0 bridgehead atoms. The van der Waals surface area contributed by atoms with Gasteiger partial charge in [0.25, 0.3) is 0 Å². The maximum atomic E-state index is 15.4. The first-order valence-electron chi connectivity index (χ1n) is 16.1. The van der Waals surface area contributed by atoms with Crippen molar-refractivity contribution in [1.82, 2.24) is 0 Å². The van der Waals surface area contributed by atoms with E-state index in [1.165, 1.54) is 11.1 Å². The van der Waals surface area contributed by atoms with Crippen molar-refractivity contribution >= 4 is 39.2 Å². The lowest BCUT2D eigenvalue weighted by atomic mass is 9.12. The van der Waals surface area contributed by atoms with Crippen molar-refractivity contribution in [2.24, 2.45) is 0 Å². The topological polar surface area (TPSA) is 9.23 Å². The molecule has 0 aliphatic rings. The molecule has 61 heavy (non-hydrogen) atoms. The Morgan fingerprint density at radius 2 is 0.508 bits per heavy atom. The van der Waals surface area contributed by atoms with Crippen LogP contribution in [0.4, 0.5) is 87.8 Å². The second kappa shape index (κ2) is 17.2. The predicted octanol–water partition coefficient (Wildman–Crippen LogP) is 9.37. The third kappa shape index (κ3) is 7.49. The van der Waals surface area contributed by atoms with Crippen molar-refractivity contribution in [3.8, 4) is 16.9 Å². The zero-order valence-corrected chi connectivity index (χ0v) is 30.5. The summed E-state index contributed by atoms with van der Waals surface area (Å²) < 4.78 is 300. The van der Waals surface area contributed by atoms with Crippen LogP contribution >= 0.6 is 0 Å². The minimum absolute atomic E-state index is 0.0176. The molecule has 0 N–H and O–H groups in total. The number of benzene rings is 6. The molecule has 6 aromatic rings. The van der Waals surface area contributed by atoms with E-state index in [1.54, 1.807) is 0 Å². The molecule has 1 nitrogen and oxygen atoms in total. The van der Waals surface area contributed by atoms with Gasteiger partial charge in [0.15, 0.2) is 86.7 Å². The molecule has 0 saturated heterocycles. The molecule has 0 unspecified atom stereocenters. The van der Waals surface area contributed by atoms with Gasteiger partial charge in [0, 0.05) is 0 Å². The van der Waals surface area contributed by atoms with Gasteiger partial charge in [0.05, 0.1) is 0 Å². The molecule has 0 aliphatic carbocycles. The Morgan fingerprint density at radius 3 is 0.738 bits per heavy atom. The van der Waals surface area contributed by atoms with Gasteiger partial charge >= 0.3 is 0 Å². The van der Waals surface area contributed by atoms with Crippen LogP contribution in [-0.4, -0.2) is 18.7 Å². The van der Waals surface area contributed by atoms with E-state index in [4.69, 9.17) is 4.18 Å². The molecular formula is C38H15BF20OS. The van der Waals surface area contributed by atoms with Gasteiger partial charge in [-0.2, -0.15) is 0 Å². The van der Waals surface area contributed by atoms with Crippen LogP contribution in [0, 0.1) is 116 Å². The second-order valence-electron chi connectivity index (χ2n) is 12.5. The Hall–Kier alpha value is -5.87. The maximum absolute atomic E-state index is 15.4. The monoisotopic (exact) mass is 910 g/mol. The summed E-state index contributed by atoms with van der Waals surface area (Å²) in [6, 6.07) is 18.6. The molecule has 0 aliphatic heterocycles. The standard InChI is InChI=1S/C24BF20.C14H15OS/c26-5-1(6(27)14(35)21(42)13(5)34)25(2-7(28)15(36)22(43)16(37)8(2)29,3-9(30)17(38)23(44)18(39)10(3)31)4-11(32)19(40)24(45)20(41)12(4)33;1-16(2)15-14-10-8-13(9-11-14)12-6-4-3-5-7-12/h;3-11H,1-2H3/q-1;+1. The van der Waals surface area contributed by atoms with Crippen LogP contribution in [0.1, 0.15) is 0 Å². The molecule has 23 heteroatoms. The van der Waals surface area contributed by atoms with Crippen LogP contribution in [-0.2, 0) is 11.2 Å². The summed E-state index contributed by atoms with van der Waals surface area (Å²) >= 11 is -0.0176. The smallest absolute Gasteiger partial charge is 0.200 e. The molecule has 0 heterocycles. The molecule has 0 aromatic heterocycles. The Balaban J connectivity index is 0.000000366. The van der Waals surface area contributed by atoms with Crippen LogP contribution in [0.15, 0.2) is 54.6 Å². The lowest BCUT2D eigenvalue weighted by Crippen LogP contribution is -2.81. The molecular weight excluding hydrogens is 895 g/mol. The number of rotatable bonds is 7. The van der Waals surface area contributed by atoms with E-state index in [9.17, 15) is 52.7 Å². The van der Waals surface area contributed by atoms with Crippen LogP contribution < -0.4 is 26.0 Å². The first-order chi connectivity index (χ1) is 28.5. The zero-order chi connectivity index (χ0) is 45.7. The summed E-state index contributed by atoms with van der Waals surface area (Å²) in [5.41, 5.74) is -11.9. The van der Waals surface area contributed by atoms with E-state index in [1.807, 2.05) is 18.2 Å². The van der Waals surface area contributed by atoms with Gasteiger partial charge in [-0.15, -0.1) is 21.9 Å². The molecule has 6 rings (SSSR count). The summed E-state index contributed by atoms with van der Waals surface area (Å²) in [5, 5.41) is 0. The second-order valence-corrected chi connectivity index (χ2v) is 14.2. The van der Waals surface area contributed by atoms with Crippen molar-refractivity contribution in [3.63, 3.8) is 0 Å². The zero-order valence-electron chi connectivity index (χ0n) is 29.6. The van der Waals surface area contributed by atoms with Crippen molar-refractivity contribution < 1.29 is 92.0 Å². The Morgan fingerprint density at radius 1 is 0.295 bits per heavy atom. The van der Waals surface area contributed by atoms with E-state index < -0.39 is 144 Å². The maximum Gasteiger partial charge on any atom is 0.200 e. The van der Waals surface area contributed by atoms with E-state index in [0.29, 0.717) is 0 Å². The molecule has 0 saturated carbocycles. The Kier molecular flexibility index (Phi) is 13.1. The SMILES string of the molecule is C[S+](C)Oc1ccc(-c2ccccc2)cc1.Fc1c(F)c(F)c([B-](c2c(F)c(F)c(F)c(F)c2F)(c2c(F)c(F)c(F)c(F)c2F)c2c(F)c(F)c(F)c(F)c2F)c(F)c1F. The van der Waals surface area contributed by atoms with E-state index in [2.05, 4.69) is 48.9 Å². The number of halogens is 20. The molecule has 0 spiro atoms. The minimum Gasteiger partial charge on any atom is -0.287 e. The minimum atomic E-state index is -7.22. The summed E-state index contributed by atoms with van der Waals surface area (Å²) in [4.78, 5) is 0. The van der Waals surface area contributed by atoms with Gasteiger partial charge in [-0.25, -0.2) is 87.8 Å². The fraction of sp³-hybridized carbons (Fsp3) is 0.0526. The fourth-order valence-electron chi connectivity index (χ4n) is 6.40. The van der Waals surface area contributed by atoms with Crippen LogP contribution in [0.2, 0.25) is 0 Å². The summed E-state index contributed by atoms with van der Waals surface area (Å²) in [6.07, 6.45) is -3.10. The van der Waals surface area contributed by atoms with E-state index in [0.717, 1.165) is 5.75 Å². The van der Waals surface area contributed by atoms with E-state index in [-0.39, 0.29) is 11.2 Å². The average molecular weight is 910 g/mol. The molecule has 322 valence electrons. The first-order valence-corrected chi connectivity index (χ1v) is 18.1.